The van der Waals surface area contributed by atoms with E-state index in [1.165, 1.54) is 0 Å². The molecule has 0 aliphatic carbocycles. The first-order valence-corrected chi connectivity index (χ1v) is 4.86. The third kappa shape index (κ3) is 1.81. The number of alkyl halides is 1. The van der Waals surface area contributed by atoms with Crippen LogP contribution in [0.25, 0.3) is 0 Å². The number of thioether (sulfide) groups is 1. The van der Waals surface area contributed by atoms with E-state index in [-0.39, 0.29) is 0 Å². The summed E-state index contributed by atoms with van der Waals surface area (Å²) >= 11 is 8.63. The molecule has 0 atom stereocenters. The Morgan fingerprint density at radius 1 is 1.67 bits per heavy atom. The van der Waals surface area contributed by atoms with Gasteiger partial charge in [-0.3, -0.25) is 0 Å². The fourth-order valence-electron chi connectivity index (χ4n) is 0.375. The van der Waals surface area contributed by atoms with Crippen LogP contribution in [0, 0.1) is 0 Å². The van der Waals surface area contributed by atoms with Crippen molar-refractivity contribution in [1.82, 2.24) is 10.2 Å². The first kappa shape index (κ1) is 7.31. The molecule has 1 heterocycles. The predicted octanol–water partition coefficient (Wildman–Crippen LogP) is 2.00. The fraction of sp³-hybridized carbons (Fsp3) is 0.500. The van der Waals surface area contributed by atoms with Crippen molar-refractivity contribution in [2.45, 2.75) is 10.2 Å². The average molecular weight is 181 g/mol. The standard InChI is InChI=1S/C4H5ClN2S2/c1-8-4-7-6-3(2-5)9-4/h2H2,1H3. The van der Waals surface area contributed by atoms with Gasteiger partial charge in [0.2, 0.25) is 0 Å². The Kier molecular flexibility index (Phi) is 2.75. The molecule has 0 amide bonds. The third-order valence-corrected chi connectivity index (χ3v) is 3.05. The summed E-state index contributed by atoms with van der Waals surface area (Å²) in [6, 6.07) is 0. The molecule has 2 nitrogen and oxygen atoms in total. The molecular formula is C4H5ClN2S2. The van der Waals surface area contributed by atoms with Crippen LogP contribution in [0.15, 0.2) is 4.34 Å². The molecule has 50 valence electrons. The van der Waals surface area contributed by atoms with Crippen LogP contribution in [0.1, 0.15) is 5.01 Å². The van der Waals surface area contributed by atoms with Crippen molar-refractivity contribution in [1.29, 1.82) is 0 Å². The minimum absolute atomic E-state index is 0.470. The molecule has 5 heteroatoms. The SMILES string of the molecule is CSc1nnc(CCl)s1. The largest absolute Gasteiger partial charge is 0.174 e. The Labute approximate surface area is 66.6 Å². The van der Waals surface area contributed by atoms with Gasteiger partial charge in [0.05, 0.1) is 5.88 Å². The van der Waals surface area contributed by atoms with Crippen LogP contribution in [0.3, 0.4) is 0 Å². The van der Waals surface area contributed by atoms with E-state index in [1.807, 2.05) is 6.26 Å². The Morgan fingerprint density at radius 2 is 2.44 bits per heavy atom. The van der Waals surface area contributed by atoms with Crippen LogP contribution in [0.4, 0.5) is 0 Å². The van der Waals surface area contributed by atoms with Crippen LogP contribution >= 0.6 is 34.7 Å². The van der Waals surface area contributed by atoms with Crippen molar-refractivity contribution in [3.05, 3.63) is 5.01 Å². The van der Waals surface area contributed by atoms with Gasteiger partial charge in [0.1, 0.15) is 5.01 Å². The molecule has 1 rings (SSSR count). The lowest BCUT2D eigenvalue weighted by molar-refractivity contribution is 0.978. The highest BCUT2D eigenvalue weighted by atomic mass is 35.5. The second-order valence-corrected chi connectivity index (χ2v) is 3.68. The molecular weight excluding hydrogens is 176 g/mol. The Hall–Kier alpha value is 0.200. The lowest BCUT2D eigenvalue weighted by Gasteiger charge is -1.77. The zero-order valence-electron chi connectivity index (χ0n) is 4.80. The summed E-state index contributed by atoms with van der Waals surface area (Å²) in [4.78, 5) is 0. The molecule has 0 fully saturated rings. The quantitative estimate of drug-likeness (QED) is 0.515. The zero-order chi connectivity index (χ0) is 6.69. The summed E-state index contributed by atoms with van der Waals surface area (Å²) < 4.78 is 0.977. The normalized spacial score (nSPS) is 10.0. The van der Waals surface area contributed by atoms with Crippen molar-refractivity contribution >= 4 is 34.7 Å². The van der Waals surface area contributed by atoms with Gasteiger partial charge >= 0.3 is 0 Å². The molecule has 0 saturated heterocycles. The highest BCUT2D eigenvalue weighted by molar-refractivity contribution is 8.00. The van der Waals surface area contributed by atoms with Crippen molar-refractivity contribution < 1.29 is 0 Å². The van der Waals surface area contributed by atoms with E-state index < -0.39 is 0 Å². The maximum Gasteiger partial charge on any atom is 0.174 e. The molecule has 0 aromatic carbocycles. The van der Waals surface area contributed by atoms with Crippen LogP contribution in [-0.2, 0) is 5.88 Å². The van der Waals surface area contributed by atoms with E-state index >= 15 is 0 Å². The molecule has 0 saturated carbocycles. The van der Waals surface area contributed by atoms with Crippen molar-refractivity contribution in [3.8, 4) is 0 Å². The minimum Gasteiger partial charge on any atom is -0.141 e. The van der Waals surface area contributed by atoms with Crippen LogP contribution < -0.4 is 0 Å². The fourth-order valence-corrected chi connectivity index (χ4v) is 1.76. The zero-order valence-corrected chi connectivity index (χ0v) is 7.18. The van der Waals surface area contributed by atoms with E-state index in [4.69, 9.17) is 11.6 Å². The van der Waals surface area contributed by atoms with E-state index in [9.17, 15) is 0 Å². The smallest absolute Gasteiger partial charge is 0.141 e. The van der Waals surface area contributed by atoms with Gasteiger partial charge in [0.25, 0.3) is 0 Å². The lowest BCUT2D eigenvalue weighted by atomic mass is 10.9. The molecule has 0 spiro atoms. The number of halogens is 1. The van der Waals surface area contributed by atoms with Gasteiger partial charge in [0, 0.05) is 0 Å². The second-order valence-electron chi connectivity index (χ2n) is 1.30. The first-order valence-electron chi connectivity index (χ1n) is 2.29. The highest BCUT2D eigenvalue weighted by Crippen LogP contribution is 2.20. The molecule has 0 aliphatic heterocycles. The summed E-state index contributed by atoms with van der Waals surface area (Å²) in [6.45, 7) is 0. The summed E-state index contributed by atoms with van der Waals surface area (Å²) in [6.07, 6.45) is 1.97. The topological polar surface area (TPSA) is 25.8 Å². The minimum atomic E-state index is 0.470. The molecule has 0 unspecified atom stereocenters. The van der Waals surface area contributed by atoms with E-state index in [1.54, 1.807) is 23.1 Å². The Balaban J connectivity index is 2.74. The van der Waals surface area contributed by atoms with Crippen LogP contribution in [0.2, 0.25) is 0 Å². The Morgan fingerprint density at radius 3 is 2.78 bits per heavy atom. The molecule has 9 heavy (non-hydrogen) atoms. The average Bonchev–Trinajstić information content (AvgIpc) is 2.34. The summed E-state index contributed by atoms with van der Waals surface area (Å²) in [5.74, 6) is 0.470. The van der Waals surface area contributed by atoms with Crippen LogP contribution in [0.5, 0.6) is 0 Å². The second kappa shape index (κ2) is 3.39. The number of rotatable bonds is 2. The highest BCUT2D eigenvalue weighted by Gasteiger charge is 1.98. The van der Waals surface area contributed by atoms with E-state index in [0.29, 0.717) is 5.88 Å². The molecule has 1 aromatic rings. The molecule has 0 radical (unpaired) electrons. The monoisotopic (exact) mass is 180 g/mol. The third-order valence-electron chi connectivity index (χ3n) is 0.737. The van der Waals surface area contributed by atoms with E-state index in [0.717, 1.165) is 9.35 Å². The van der Waals surface area contributed by atoms with Gasteiger partial charge in [-0.05, 0) is 6.26 Å². The van der Waals surface area contributed by atoms with Gasteiger partial charge in [-0.25, -0.2) is 0 Å². The lowest BCUT2D eigenvalue weighted by Crippen LogP contribution is -1.72. The van der Waals surface area contributed by atoms with Crippen molar-refractivity contribution in [2.75, 3.05) is 6.26 Å². The van der Waals surface area contributed by atoms with Crippen molar-refractivity contribution in [2.24, 2.45) is 0 Å². The summed E-state index contributed by atoms with van der Waals surface area (Å²) in [5.41, 5.74) is 0. The van der Waals surface area contributed by atoms with E-state index in [2.05, 4.69) is 10.2 Å². The van der Waals surface area contributed by atoms with Crippen LogP contribution in [-0.4, -0.2) is 16.5 Å². The maximum absolute atomic E-state index is 5.50. The molecule has 0 aliphatic rings. The Bertz CT molecular complexity index is 170. The number of aromatic nitrogens is 2. The van der Waals surface area contributed by atoms with Gasteiger partial charge in [0.15, 0.2) is 4.34 Å². The molecule has 1 aromatic heterocycles. The summed E-state index contributed by atoms with van der Waals surface area (Å²) in [7, 11) is 0. The van der Waals surface area contributed by atoms with Crippen molar-refractivity contribution in [3.63, 3.8) is 0 Å². The predicted molar refractivity (Wildman–Crippen MR) is 41.2 cm³/mol. The van der Waals surface area contributed by atoms with Gasteiger partial charge in [-0.1, -0.05) is 23.1 Å². The number of hydrogen-bond acceptors (Lipinski definition) is 4. The maximum atomic E-state index is 5.50. The molecule has 0 N–H and O–H groups in total. The van der Waals surface area contributed by atoms with Gasteiger partial charge < -0.3 is 0 Å². The first-order chi connectivity index (χ1) is 4.36. The van der Waals surface area contributed by atoms with Gasteiger partial charge in [-0.15, -0.1) is 21.8 Å². The molecule has 0 bridgehead atoms. The number of hydrogen-bond donors (Lipinski definition) is 0. The summed E-state index contributed by atoms with van der Waals surface area (Å²) in [5, 5.41) is 8.56. The number of nitrogens with zero attached hydrogens (tertiary/aromatic N) is 2. The van der Waals surface area contributed by atoms with Gasteiger partial charge in [-0.2, -0.15) is 0 Å².